The summed E-state index contributed by atoms with van der Waals surface area (Å²) < 4.78 is 7.82. The number of hydrogen-bond donors (Lipinski definition) is 2. The van der Waals surface area contributed by atoms with Crippen LogP contribution in [0.2, 0.25) is 0 Å². The molecule has 0 spiro atoms. The van der Waals surface area contributed by atoms with Gasteiger partial charge in [-0.05, 0) is 45.3 Å². The Morgan fingerprint density at radius 3 is 2.63 bits per heavy atom. The fourth-order valence-corrected chi connectivity index (χ4v) is 4.28. The number of fused-ring (bicyclic) bond motifs is 1. The van der Waals surface area contributed by atoms with E-state index in [0.717, 1.165) is 40.9 Å². The molecule has 0 aliphatic heterocycles. The van der Waals surface area contributed by atoms with E-state index in [0.29, 0.717) is 23.1 Å². The zero-order chi connectivity index (χ0) is 27.2. The lowest BCUT2D eigenvalue weighted by molar-refractivity contribution is -0.111. The summed E-state index contributed by atoms with van der Waals surface area (Å²) in [6.07, 6.45) is 7.01. The molecule has 0 saturated carbocycles. The zero-order valence-corrected chi connectivity index (χ0v) is 22.8. The average molecular weight is 514 g/mol. The molecule has 38 heavy (non-hydrogen) atoms. The molecule has 9 heteroatoms. The molecule has 2 heterocycles. The van der Waals surface area contributed by atoms with Crippen molar-refractivity contribution in [3.63, 3.8) is 0 Å². The first-order valence-corrected chi connectivity index (χ1v) is 12.5. The van der Waals surface area contributed by atoms with Crippen LogP contribution in [0.25, 0.3) is 22.2 Å². The molecule has 1 amide bonds. The number of likely N-dealkylation sites (N-methyl/N-ethyl adjacent to an activating group) is 2. The van der Waals surface area contributed by atoms with E-state index in [4.69, 9.17) is 9.72 Å². The third-order valence-electron chi connectivity index (χ3n) is 6.26. The number of carbonyl (C=O) groups excluding carboxylic acids is 1. The van der Waals surface area contributed by atoms with Gasteiger partial charge in [-0.2, -0.15) is 0 Å². The summed E-state index contributed by atoms with van der Waals surface area (Å²) in [6, 6.07) is 13.9. The van der Waals surface area contributed by atoms with Crippen LogP contribution in [-0.2, 0) is 11.8 Å². The minimum atomic E-state index is -0.208. The molecule has 0 unspecified atom stereocenters. The number of nitrogens with one attached hydrogen (secondary N) is 2. The van der Waals surface area contributed by atoms with Gasteiger partial charge in [0.2, 0.25) is 11.9 Å². The number of amides is 1. The third kappa shape index (κ3) is 5.95. The summed E-state index contributed by atoms with van der Waals surface area (Å²) >= 11 is 0. The van der Waals surface area contributed by atoms with Gasteiger partial charge in [0, 0.05) is 62.1 Å². The highest BCUT2D eigenvalue weighted by molar-refractivity contribution is 6.02. The summed E-state index contributed by atoms with van der Waals surface area (Å²) in [5, 5.41) is 7.42. The van der Waals surface area contributed by atoms with Crippen LogP contribution in [0, 0.1) is 0 Å². The van der Waals surface area contributed by atoms with Gasteiger partial charge in [0.15, 0.2) is 0 Å². The predicted octanol–water partition coefficient (Wildman–Crippen LogP) is 4.90. The molecule has 2 aromatic carbocycles. The van der Waals surface area contributed by atoms with E-state index in [1.165, 1.54) is 6.08 Å². The number of anilines is 4. The molecule has 9 nitrogen and oxygen atoms in total. The monoisotopic (exact) mass is 513 g/mol. The van der Waals surface area contributed by atoms with E-state index < -0.39 is 0 Å². The van der Waals surface area contributed by atoms with Gasteiger partial charge in [0.1, 0.15) is 5.75 Å². The van der Waals surface area contributed by atoms with Crippen molar-refractivity contribution in [3.8, 4) is 17.0 Å². The van der Waals surface area contributed by atoms with Crippen molar-refractivity contribution in [2.24, 2.45) is 7.05 Å². The van der Waals surface area contributed by atoms with Gasteiger partial charge in [0.25, 0.3) is 0 Å². The Kier molecular flexibility index (Phi) is 8.28. The molecule has 0 bridgehead atoms. The second kappa shape index (κ2) is 11.8. The Labute approximate surface area is 223 Å². The molecule has 2 N–H and O–H groups in total. The van der Waals surface area contributed by atoms with E-state index in [1.807, 2.05) is 65.4 Å². The fourth-order valence-electron chi connectivity index (χ4n) is 4.28. The summed E-state index contributed by atoms with van der Waals surface area (Å²) in [6.45, 7) is 3.44. The molecule has 4 rings (SSSR count). The Morgan fingerprint density at radius 1 is 1.11 bits per heavy atom. The Bertz CT molecular complexity index is 1460. The first-order chi connectivity index (χ1) is 18.3. The second-order valence-corrected chi connectivity index (χ2v) is 9.35. The van der Waals surface area contributed by atoms with E-state index in [1.54, 1.807) is 19.4 Å². The minimum absolute atomic E-state index is 0.208. The summed E-state index contributed by atoms with van der Waals surface area (Å²) in [5.41, 5.74) is 5.11. The largest absolute Gasteiger partial charge is 0.494 e. The molecule has 4 aromatic rings. The minimum Gasteiger partial charge on any atom is -0.494 e. The SMILES string of the molecule is C/C=C\C(=O)Nc1cc(Nc2nccc(-c3cn(C)c4ccccc34)n2)c(OC)cc1N(C)CCN(C)C. The third-order valence-corrected chi connectivity index (χ3v) is 6.26. The summed E-state index contributed by atoms with van der Waals surface area (Å²) in [7, 11) is 9.70. The van der Waals surface area contributed by atoms with Crippen molar-refractivity contribution in [2.45, 2.75) is 6.92 Å². The van der Waals surface area contributed by atoms with E-state index in [2.05, 4.69) is 48.3 Å². The fraction of sp³-hybridized carbons (Fsp3) is 0.276. The number of hydrogen-bond acceptors (Lipinski definition) is 7. The maximum atomic E-state index is 12.5. The van der Waals surface area contributed by atoms with Crippen LogP contribution in [0.3, 0.4) is 0 Å². The van der Waals surface area contributed by atoms with Gasteiger partial charge in [-0.25, -0.2) is 9.97 Å². The van der Waals surface area contributed by atoms with Crippen molar-refractivity contribution in [3.05, 3.63) is 67.0 Å². The second-order valence-electron chi connectivity index (χ2n) is 9.35. The molecule has 0 radical (unpaired) electrons. The van der Waals surface area contributed by atoms with Gasteiger partial charge in [-0.3, -0.25) is 4.79 Å². The van der Waals surface area contributed by atoms with Crippen LogP contribution in [0.1, 0.15) is 6.92 Å². The summed E-state index contributed by atoms with van der Waals surface area (Å²) in [5.74, 6) is 0.827. The Morgan fingerprint density at radius 2 is 1.89 bits per heavy atom. The van der Waals surface area contributed by atoms with Crippen LogP contribution < -0.4 is 20.3 Å². The molecule has 2 aromatic heterocycles. The first kappa shape index (κ1) is 26.7. The number of nitrogens with zero attached hydrogens (tertiary/aromatic N) is 5. The van der Waals surface area contributed by atoms with Crippen molar-refractivity contribution >= 4 is 39.8 Å². The molecular weight excluding hydrogens is 478 g/mol. The molecule has 0 fully saturated rings. The molecular formula is C29H35N7O2. The number of methoxy groups -OCH3 is 1. The topological polar surface area (TPSA) is 87.5 Å². The van der Waals surface area contributed by atoms with Gasteiger partial charge in [0.05, 0.1) is 29.9 Å². The average Bonchev–Trinajstić information content (AvgIpc) is 3.24. The van der Waals surface area contributed by atoms with Gasteiger partial charge in [-0.1, -0.05) is 24.3 Å². The number of allylic oxidation sites excluding steroid dienone is 1. The van der Waals surface area contributed by atoms with Crippen molar-refractivity contribution in [1.29, 1.82) is 0 Å². The van der Waals surface area contributed by atoms with Gasteiger partial charge in [-0.15, -0.1) is 0 Å². The number of para-hydroxylation sites is 1. The Balaban J connectivity index is 1.71. The lowest BCUT2D eigenvalue weighted by Crippen LogP contribution is -2.29. The van der Waals surface area contributed by atoms with Crippen molar-refractivity contribution in [2.75, 3.05) is 56.9 Å². The van der Waals surface area contributed by atoms with Gasteiger partial charge < -0.3 is 29.7 Å². The smallest absolute Gasteiger partial charge is 0.248 e. The molecule has 0 saturated heterocycles. The number of ether oxygens (including phenoxy) is 1. The lowest BCUT2D eigenvalue weighted by Gasteiger charge is -2.26. The number of aromatic nitrogens is 3. The van der Waals surface area contributed by atoms with E-state index in [9.17, 15) is 4.79 Å². The van der Waals surface area contributed by atoms with Crippen LogP contribution in [0.4, 0.5) is 23.0 Å². The number of carbonyl (C=O) groups is 1. The molecule has 198 valence electrons. The predicted molar refractivity (Wildman–Crippen MR) is 155 cm³/mol. The number of rotatable bonds is 10. The summed E-state index contributed by atoms with van der Waals surface area (Å²) in [4.78, 5) is 25.9. The normalized spacial score (nSPS) is 11.3. The van der Waals surface area contributed by atoms with Crippen LogP contribution in [0.15, 0.2) is 67.0 Å². The maximum absolute atomic E-state index is 12.5. The first-order valence-electron chi connectivity index (χ1n) is 12.5. The number of benzene rings is 2. The van der Waals surface area contributed by atoms with Crippen LogP contribution >= 0.6 is 0 Å². The highest BCUT2D eigenvalue weighted by Crippen LogP contribution is 2.38. The highest BCUT2D eigenvalue weighted by atomic mass is 16.5. The highest BCUT2D eigenvalue weighted by Gasteiger charge is 2.17. The Hall–Kier alpha value is -4.37. The van der Waals surface area contributed by atoms with Crippen LogP contribution in [0.5, 0.6) is 5.75 Å². The standard InChI is InChI=1S/C29H35N7O2/c1-7-10-28(37)31-23-17-24(27(38-6)18-26(23)35(4)16-15-34(2)3)33-29-30-14-13-22(32-29)21-19-36(5)25-12-9-8-11-20(21)25/h7-14,17-19H,15-16H2,1-6H3,(H,31,37)(H,30,32,33)/b10-7-. The van der Waals surface area contributed by atoms with Crippen LogP contribution in [-0.4, -0.2) is 66.7 Å². The van der Waals surface area contributed by atoms with E-state index in [-0.39, 0.29) is 5.91 Å². The van der Waals surface area contributed by atoms with Crippen molar-refractivity contribution in [1.82, 2.24) is 19.4 Å². The van der Waals surface area contributed by atoms with Gasteiger partial charge >= 0.3 is 0 Å². The van der Waals surface area contributed by atoms with Crippen molar-refractivity contribution < 1.29 is 9.53 Å². The molecule has 0 atom stereocenters. The maximum Gasteiger partial charge on any atom is 0.248 e. The molecule has 0 aliphatic rings. The molecule has 0 aliphatic carbocycles. The quantitative estimate of drug-likeness (QED) is 0.292. The van der Waals surface area contributed by atoms with E-state index >= 15 is 0 Å². The lowest BCUT2D eigenvalue weighted by atomic mass is 10.1. The zero-order valence-electron chi connectivity index (χ0n) is 22.8. The number of aryl methyl sites for hydroxylation is 1.